The molecule has 0 heterocycles. The number of carbonyl (C=O) groups is 2. The second-order valence-electron chi connectivity index (χ2n) is 5.25. The van der Waals surface area contributed by atoms with E-state index in [-0.39, 0.29) is 18.2 Å². The van der Waals surface area contributed by atoms with Crippen LogP contribution in [0.1, 0.15) is 15.9 Å². The maximum atomic E-state index is 12.0. The smallest absolute Gasteiger partial charge is 0.253 e. The summed E-state index contributed by atoms with van der Waals surface area (Å²) in [5.74, 6) is -0.256. The van der Waals surface area contributed by atoms with Gasteiger partial charge in [0.25, 0.3) is 5.91 Å². The Bertz CT molecular complexity index is 728. The molecule has 0 aliphatic rings. The third kappa shape index (κ3) is 4.71. The van der Waals surface area contributed by atoms with E-state index in [0.29, 0.717) is 21.3 Å². The number of hydrogen-bond donors (Lipinski definition) is 1. The number of nitrogens with one attached hydrogen (secondary N) is 1. The summed E-state index contributed by atoms with van der Waals surface area (Å²) < 4.78 is 0. The molecule has 6 heteroatoms. The van der Waals surface area contributed by atoms with Gasteiger partial charge in [-0.25, -0.2) is 0 Å². The minimum atomic E-state index is -0.171. The molecule has 0 saturated heterocycles. The molecule has 0 aliphatic carbocycles. The predicted octanol–water partition coefficient (Wildman–Crippen LogP) is 3.88. The Morgan fingerprint density at radius 2 is 1.65 bits per heavy atom. The van der Waals surface area contributed by atoms with Gasteiger partial charge in [0, 0.05) is 25.3 Å². The van der Waals surface area contributed by atoms with Gasteiger partial charge in [0.1, 0.15) is 0 Å². The van der Waals surface area contributed by atoms with Crippen molar-refractivity contribution in [1.29, 1.82) is 0 Å². The van der Waals surface area contributed by atoms with Gasteiger partial charge in [-0.05, 0) is 42.0 Å². The Morgan fingerprint density at radius 1 is 1.00 bits per heavy atom. The average molecular weight is 351 g/mol. The molecule has 2 rings (SSSR count). The lowest BCUT2D eigenvalue weighted by Gasteiger charge is -2.11. The summed E-state index contributed by atoms with van der Waals surface area (Å²) in [7, 11) is 3.38. The summed E-state index contributed by atoms with van der Waals surface area (Å²) in [6, 6.07) is 11.8. The highest BCUT2D eigenvalue weighted by Gasteiger charge is 2.09. The molecule has 0 saturated carbocycles. The quantitative estimate of drug-likeness (QED) is 0.909. The first kappa shape index (κ1) is 17.3. The fourth-order valence-corrected chi connectivity index (χ4v) is 2.32. The molecule has 2 amide bonds. The fourth-order valence-electron chi connectivity index (χ4n) is 1.99. The Labute approximate surface area is 145 Å². The van der Waals surface area contributed by atoms with Gasteiger partial charge in [-0.1, -0.05) is 29.3 Å². The molecule has 0 aliphatic heterocycles. The fraction of sp³-hybridized carbons (Fsp3) is 0.176. The van der Waals surface area contributed by atoms with Crippen LogP contribution in [0.15, 0.2) is 42.5 Å². The second-order valence-corrected chi connectivity index (χ2v) is 6.06. The van der Waals surface area contributed by atoms with Gasteiger partial charge in [0.2, 0.25) is 5.91 Å². The Hall–Kier alpha value is -2.04. The molecule has 0 fully saturated rings. The highest BCUT2D eigenvalue weighted by atomic mass is 35.5. The van der Waals surface area contributed by atoms with Crippen molar-refractivity contribution in [2.75, 3.05) is 19.4 Å². The molecule has 0 spiro atoms. The molecule has 0 unspecified atom stereocenters. The molecule has 0 aromatic heterocycles. The van der Waals surface area contributed by atoms with Crippen LogP contribution >= 0.6 is 23.2 Å². The molecule has 120 valence electrons. The van der Waals surface area contributed by atoms with E-state index in [1.165, 1.54) is 4.90 Å². The van der Waals surface area contributed by atoms with E-state index in [1.807, 2.05) is 0 Å². The van der Waals surface area contributed by atoms with Crippen LogP contribution in [-0.2, 0) is 11.2 Å². The van der Waals surface area contributed by atoms with Gasteiger partial charge in [-0.2, -0.15) is 0 Å². The molecular weight excluding hydrogens is 335 g/mol. The van der Waals surface area contributed by atoms with Crippen molar-refractivity contribution in [2.45, 2.75) is 6.42 Å². The van der Waals surface area contributed by atoms with E-state index >= 15 is 0 Å². The van der Waals surface area contributed by atoms with E-state index in [9.17, 15) is 9.59 Å². The number of rotatable bonds is 4. The SMILES string of the molecule is CN(C)C(=O)c1ccc(NC(=O)Cc2ccc(Cl)c(Cl)c2)cc1. The first-order chi connectivity index (χ1) is 10.9. The number of anilines is 1. The molecule has 0 atom stereocenters. The van der Waals surface area contributed by atoms with Crippen LogP contribution in [0.5, 0.6) is 0 Å². The summed E-state index contributed by atoms with van der Waals surface area (Å²) in [5, 5.41) is 3.66. The predicted molar refractivity (Wildman–Crippen MR) is 93.3 cm³/mol. The number of amides is 2. The molecule has 4 nitrogen and oxygen atoms in total. The van der Waals surface area contributed by atoms with Crippen molar-refractivity contribution < 1.29 is 9.59 Å². The van der Waals surface area contributed by atoms with E-state index in [2.05, 4.69) is 5.32 Å². The Morgan fingerprint density at radius 3 is 2.22 bits per heavy atom. The van der Waals surface area contributed by atoms with Crippen LogP contribution in [0.4, 0.5) is 5.69 Å². The van der Waals surface area contributed by atoms with E-state index in [4.69, 9.17) is 23.2 Å². The van der Waals surface area contributed by atoms with Gasteiger partial charge in [-0.3, -0.25) is 9.59 Å². The van der Waals surface area contributed by atoms with Crippen molar-refractivity contribution in [3.05, 3.63) is 63.6 Å². The number of halogens is 2. The summed E-state index contributed by atoms with van der Waals surface area (Å²) >= 11 is 11.8. The molecular formula is C17H16Cl2N2O2. The number of hydrogen-bond acceptors (Lipinski definition) is 2. The zero-order valence-electron chi connectivity index (χ0n) is 12.8. The lowest BCUT2D eigenvalue weighted by molar-refractivity contribution is -0.115. The Balaban J connectivity index is 2.00. The first-order valence-electron chi connectivity index (χ1n) is 6.92. The topological polar surface area (TPSA) is 49.4 Å². The van der Waals surface area contributed by atoms with E-state index in [0.717, 1.165) is 5.56 Å². The van der Waals surface area contributed by atoms with Crippen LogP contribution in [-0.4, -0.2) is 30.8 Å². The van der Waals surface area contributed by atoms with Crippen molar-refractivity contribution in [3.8, 4) is 0 Å². The maximum absolute atomic E-state index is 12.0. The molecule has 1 N–H and O–H groups in total. The highest BCUT2D eigenvalue weighted by molar-refractivity contribution is 6.42. The Kier molecular flexibility index (Phi) is 5.64. The van der Waals surface area contributed by atoms with Crippen LogP contribution in [0.2, 0.25) is 10.0 Å². The van der Waals surface area contributed by atoms with Crippen LogP contribution in [0.25, 0.3) is 0 Å². The second kappa shape index (κ2) is 7.49. The van der Waals surface area contributed by atoms with Crippen LogP contribution in [0.3, 0.4) is 0 Å². The van der Waals surface area contributed by atoms with Gasteiger partial charge in [0.15, 0.2) is 0 Å². The van der Waals surface area contributed by atoms with E-state index < -0.39 is 0 Å². The normalized spacial score (nSPS) is 10.3. The summed E-state index contributed by atoms with van der Waals surface area (Å²) in [5.41, 5.74) is 1.97. The highest BCUT2D eigenvalue weighted by Crippen LogP contribution is 2.23. The van der Waals surface area contributed by atoms with Gasteiger partial charge in [0.05, 0.1) is 16.5 Å². The summed E-state index contributed by atoms with van der Waals surface area (Å²) in [6.45, 7) is 0. The minimum Gasteiger partial charge on any atom is -0.345 e. The third-order valence-corrected chi connectivity index (χ3v) is 3.91. The van der Waals surface area contributed by atoms with E-state index in [1.54, 1.807) is 56.6 Å². The molecule has 2 aromatic rings. The lowest BCUT2D eigenvalue weighted by atomic mass is 10.1. The zero-order valence-corrected chi connectivity index (χ0v) is 14.3. The number of carbonyl (C=O) groups excluding carboxylic acids is 2. The van der Waals surface area contributed by atoms with Gasteiger partial charge >= 0.3 is 0 Å². The van der Waals surface area contributed by atoms with Crippen molar-refractivity contribution >= 4 is 40.7 Å². The van der Waals surface area contributed by atoms with Crippen molar-refractivity contribution in [3.63, 3.8) is 0 Å². The molecule has 23 heavy (non-hydrogen) atoms. The lowest BCUT2D eigenvalue weighted by Crippen LogP contribution is -2.21. The van der Waals surface area contributed by atoms with Gasteiger partial charge < -0.3 is 10.2 Å². The zero-order chi connectivity index (χ0) is 17.0. The summed E-state index contributed by atoms with van der Waals surface area (Å²) in [4.78, 5) is 25.3. The average Bonchev–Trinajstić information content (AvgIpc) is 2.51. The van der Waals surface area contributed by atoms with Gasteiger partial charge in [-0.15, -0.1) is 0 Å². The molecule has 2 aromatic carbocycles. The molecule has 0 bridgehead atoms. The largest absolute Gasteiger partial charge is 0.345 e. The first-order valence-corrected chi connectivity index (χ1v) is 7.68. The monoisotopic (exact) mass is 350 g/mol. The number of benzene rings is 2. The third-order valence-electron chi connectivity index (χ3n) is 3.17. The standard InChI is InChI=1S/C17H16Cl2N2O2/c1-21(2)17(23)12-4-6-13(7-5-12)20-16(22)10-11-3-8-14(18)15(19)9-11/h3-9H,10H2,1-2H3,(H,20,22). The minimum absolute atomic E-state index is 0.0846. The van der Waals surface area contributed by atoms with Crippen LogP contribution in [0, 0.1) is 0 Å². The van der Waals surface area contributed by atoms with Crippen molar-refractivity contribution in [1.82, 2.24) is 4.90 Å². The molecule has 0 radical (unpaired) electrons. The number of nitrogens with zero attached hydrogens (tertiary/aromatic N) is 1. The van der Waals surface area contributed by atoms with Crippen LogP contribution < -0.4 is 5.32 Å². The maximum Gasteiger partial charge on any atom is 0.253 e. The summed E-state index contributed by atoms with van der Waals surface area (Å²) in [6.07, 6.45) is 0.190. The van der Waals surface area contributed by atoms with Crippen molar-refractivity contribution in [2.24, 2.45) is 0 Å².